The molecular formula is C13H15N2O4+. The molecule has 0 aromatic carbocycles. The summed E-state index contributed by atoms with van der Waals surface area (Å²) in [4.78, 5) is 42.3. The molecule has 0 spiro atoms. The lowest BCUT2D eigenvalue weighted by atomic mass is 10.1. The van der Waals surface area contributed by atoms with Gasteiger partial charge in [-0.3, -0.25) is 9.59 Å². The number of aromatic amines is 1. The molecule has 6 heteroatoms. The van der Waals surface area contributed by atoms with Gasteiger partial charge in [0, 0.05) is 30.9 Å². The van der Waals surface area contributed by atoms with E-state index in [4.69, 9.17) is 4.84 Å². The minimum absolute atomic E-state index is 0.0852. The summed E-state index contributed by atoms with van der Waals surface area (Å²) in [5.74, 6) is -1.49. The van der Waals surface area contributed by atoms with Gasteiger partial charge >= 0.3 is 5.97 Å². The normalized spacial score (nSPS) is 15.2. The van der Waals surface area contributed by atoms with Crippen LogP contribution in [0.25, 0.3) is 0 Å². The number of carbonyl (C=O) groups is 3. The monoisotopic (exact) mass is 263 g/mol. The first-order chi connectivity index (χ1) is 8.99. The molecule has 6 nitrogen and oxygen atoms in total. The molecule has 1 N–H and O–H groups in total. The zero-order valence-corrected chi connectivity index (χ0v) is 10.8. The van der Waals surface area contributed by atoms with E-state index in [1.54, 1.807) is 12.1 Å². The van der Waals surface area contributed by atoms with E-state index >= 15 is 0 Å². The smallest absolute Gasteiger partial charge is 0.319 e. The highest BCUT2D eigenvalue weighted by Crippen LogP contribution is 2.14. The molecule has 0 aliphatic carbocycles. The summed E-state index contributed by atoms with van der Waals surface area (Å²) in [5.41, 5.74) is 1.08. The molecule has 2 heterocycles. The Balaban J connectivity index is 2.14. The third-order valence-electron chi connectivity index (χ3n) is 2.84. The third kappa shape index (κ3) is 2.78. The van der Waals surface area contributed by atoms with E-state index in [1.807, 2.05) is 19.9 Å². The lowest BCUT2D eigenvalue weighted by Crippen LogP contribution is -2.34. The maximum Gasteiger partial charge on any atom is 0.428 e. The zero-order chi connectivity index (χ0) is 14.0. The van der Waals surface area contributed by atoms with Crippen molar-refractivity contribution in [3.05, 3.63) is 29.6 Å². The topological polar surface area (TPSA) is 77.8 Å². The Morgan fingerprint density at radius 3 is 2.47 bits per heavy atom. The molecule has 2 amide bonds. The Kier molecular flexibility index (Phi) is 3.59. The van der Waals surface area contributed by atoms with E-state index in [2.05, 4.69) is 4.98 Å². The number of hydroxylamine groups is 2. The quantitative estimate of drug-likeness (QED) is 0.757. The van der Waals surface area contributed by atoms with Crippen LogP contribution in [0.3, 0.4) is 0 Å². The number of carbonyl (C=O) groups excluding carboxylic acids is 3. The van der Waals surface area contributed by atoms with Crippen molar-refractivity contribution < 1.29 is 24.2 Å². The first-order valence-corrected chi connectivity index (χ1v) is 6.09. The summed E-state index contributed by atoms with van der Waals surface area (Å²) in [7, 11) is 0. The molecule has 0 radical (unpaired) electrons. The number of H-pyrrole nitrogens is 1. The van der Waals surface area contributed by atoms with Crippen LogP contribution in [0.2, 0.25) is 0 Å². The largest absolute Gasteiger partial charge is 0.428 e. The fourth-order valence-electron chi connectivity index (χ4n) is 1.73. The van der Waals surface area contributed by atoms with E-state index in [0.29, 0.717) is 5.06 Å². The predicted octanol–water partition coefficient (Wildman–Crippen LogP) is 0.845. The number of nitrogens with zero attached hydrogens (tertiary/aromatic N) is 1. The molecule has 1 aromatic rings. The Labute approximate surface area is 110 Å². The number of hydrogen-bond donors (Lipinski definition) is 0. The number of amides is 2. The highest BCUT2D eigenvalue weighted by atomic mass is 16.7. The van der Waals surface area contributed by atoms with Gasteiger partial charge in [0.25, 0.3) is 17.5 Å². The number of imide groups is 1. The Hall–Kier alpha value is -2.24. The molecule has 0 unspecified atom stereocenters. The second kappa shape index (κ2) is 5.17. The summed E-state index contributed by atoms with van der Waals surface area (Å²) in [6.07, 6.45) is 0.170. The van der Waals surface area contributed by atoms with Crippen LogP contribution in [0.15, 0.2) is 18.2 Å². The van der Waals surface area contributed by atoms with E-state index in [0.717, 1.165) is 5.69 Å². The second-order valence-corrected chi connectivity index (χ2v) is 4.64. The number of aromatic nitrogens is 1. The Morgan fingerprint density at radius 1 is 1.26 bits per heavy atom. The van der Waals surface area contributed by atoms with Gasteiger partial charge < -0.3 is 4.84 Å². The summed E-state index contributed by atoms with van der Waals surface area (Å²) in [6, 6.07) is 5.11. The van der Waals surface area contributed by atoms with Crippen molar-refractivity contribution in [2.45, 2.75) is 32.6 Å². The summed E-state index contributed by atoms with van der Waals surface area (Å²) in [5, 5.41) is 0.540. The van der Waals surface area contributed by atoms with Gasteiger partial charge in [-0.15, -0.1) is 5.06 Å². The van der Waals surface area contributed by atoms with Crippen LogP contribution in [0.1, 0.15) is 48.8 Å². The predicted molar refractivity (Wildman–Crippen MR) is 63.6 cm³/mol. The molecule has 1 aromatic heterocycles. The van der Waals surface area contributed by atoms with Gasteiger partial charge in [-0.2, -0.15) is 0 Å². The van der Waals surface area contributed by atoms with Crippen LogP contribution in [-0.4, -0.2) is 22.8 Å². The standard InChI is InChI=1S/C13H14N2O4/c1-8(2)9-4-3-5-10(14-9)13(18)19-15-11(16)6-7-12(15)17/h3-5,8H,6-7H2,1-2H3/p+1. The second-order valence-electron chi connectivity index (χ2n) is 4.64. The molecule has 1 saturated heterocycles. The minimum atomic E-state index is -0.744. The van der Waals surface area contributed by atoms with Crippen molar-refractivity contribution in [3.63, 3.8) is 0 Å². The molecule has 100 valence electrons. The zero-order valence-electron chi connectivity index (χ0n) is 10.8. The van der Waals surface area contributed by atoms with E-state index < -0.39 is 17.8 Å². The summed E-state index contributed by atoms with van der Waals surface area (Å²) in [6.45, 7) is 3.96. The van der Waals surface area contributed by atoms with Crippen molar-refractivity contribution in [2.75, 3.05) is 0 Å². The minimum Gasteiger partial charge on any atom is -0.319 e. The van der Waals surface area contributed by atoms with Crippen LogP contribution in [0.4, 0.5) is 0 Å². The third-order valence-corrected chi connectivity index (χ3v) is 2.84. The lowest BCUT2D eigenvalue weighted by molar-refractivity contribution is -0.398. The van der Waals surface area contributed by atoms with Crippen molar-refractivity contribution in [3.8, 4) is 0 Å². The van der Waals surface area contributed by atoms with Crippen LogP contribution < -0.4 is 4.98 Å². The molecule has 1 aliphatic heterocycles. The number of nitrogens with one attached hydrogen (secondary N) is 1. The average molecular weight is 263 g/mol. The Morgan fingerprint density at radius 2 is 1.89 bits per heavy atom. The fraction of sp³-hybridized carbons (Fsp3) is 0.385. The van der Waals surface area contributed by atoms with Gasteiger partial charge in [0.2, 0.25) is 0 Å². The van der Waals surface area contributed by atoms with Crippen molar-refractivity contribution in [1.29, 1.82) is 0 Å². The summed E-state index contributed by atoms with van der Waals surface area (Å²) < 4.78 is 0. The number of hydrogen-bond acceptors (Lipinski definition) is 4. The highest BCUT2D eigenvalue weighted by Gasteiger charge is 2.34. The van der Waals surface area contributed by atoms with Crippen LogP contribution in [-0.2, 0) is 14.4 Å². The highest BCUT2D eigenvalue weighted by molar-refractivity contribution is 6.02. The molecule has 1 aliphatic rings. The van der Waals surface area contributed by atoms with Crippen molar-refractivity contribution in [2.24, 2.45) is 0 Å². The number of pyridine rings is 1. The van der Waals surface area contributed by atoms with Gasteiger partial charge in [-0.1, -0.05) is 13.8 Å². The SMILES string of the molecule is CC(C)c1cccc(C(=O)ON2C(=O)CCC2=O)[nH+]1. The van der Waals surface area contributed by atoms with E-state index in [1.165, 1.54) is 0 Å². The molecule has 2 rings (SSSR count). The van der Waals surface area contributed by atoms with Gasteiger partial charge in [-0.05, 0) is 6.07 Å². The average Bonchev–Trinajstić information content (AvgIpc) is 2.70. The van der Waals surface area contributed by atoms with Gasteiger partial charge in [0.05, 0.1) is 0 Å². The van der Waals surface area contributed by atoms with E-state index in [9.17, 15) is 14.4 Å². The molecule has 1 fully saturated rings. The maximum atomic E-state index is 11.9. The van der Waals surface area contributed by atoms with Crippen molar-refractivity contribution in [1.82, 2.24) is 5.06 Å². The molecule has 0 atom stereocenters. The van der Waals surface area contributed by atoms with Gasteiger partial charge in [0.15, 0.2) is 5.69 Å². The molecule has 19 heavy (non-hydrogen) atoms. The van der Waals surface area contributed by atoms with Crippen LogP contribution >= 0.6 is 0 Å². The lowest BCUT2D eigenvalue weighted by Gasteiger charge is -2.10. The fourth-order valence-corrected chi connectivity index (χ4v) is 1.73. The van der Waals surface area contributed by atoms with Gasteiger partial charge in [-0.25, -0.2) is 9.78 Å². The van der Waals surface area contributed by atoms with Crippen molar-refractivity contribution >= 4 is 17.8 Å². The molecule has 0 saturated carbocycles. The first-order valence-electron chi connectivity index (χ1n) is 6.09. The first kappa shape index (κ1) is 13.2. The van der Waals surface area contributed by atoms with Crippen LogP contribution in [0, 0.1) is 0 Å². The maximum absolute atomic E-state index is 11.9. The molecular weight excluding hydrogens is 248 g/mol. The van der Waals surface area contributed by atoms with Gasteiger partial charge in [0.1, 0.15) is 0 Å². The summed E-state index contributed by atoms with van der Waals surface area (Å²) >= 11 is 0. The van der Waals surface area contributed by atoms with Crippen LogP contribution in [0.5, 0.6) is 0 Å². The number of rotatable bonds is 3. The molecule has 0 bridgehead atoms. The Bertz CT molecular complexity index is 523. The van der Waals surface area contributed by atoms with E-state index in [-0.39, 0.29) is 24.5 Å².